The minimum atomic E-state index is -0.345. The van der Waals surface area contributed by atoms with Gasteiger partial charge in [-0.05, 0) is 171 Å². The Bertz CT molecular complexity index is 2560. The van der Waals surface area contributed by atoms with E-state index in [1.54, 1.807) is 9.80 Å². The maximum Gasteiger partial charge on any atom is 0.238 e. The summed E-state index contributed by atoms with van der Waals surface area (Å²) in [6, 6.07) is 21.8. The molecular weight excluding hydrogens is 801 g/mol. The summed E-state index contributed by atoms with van der Waals surface area (Å²) in [5.74, 6) is -1.35. The van der Waals surface area contributed by atoms with Crippen LogP contribution < -0.4 is 9.80 Å². The minimum absolute atomic E-state index is 0.0268. The number of aryl methyl sites for hydroxylation is 6. The quantitative estimate of drug-likeness (QED) is 0.118. The summed E-state index contributed by atoms with van der Waals surface area (Å²) in [5, 5.41) is 0. The van der Waals surface area contributed by atoms with Crippen LogP contribution in [0.5, 0.6) is 0 Å². The van der Waals surface area contributed by atoms with E-state index in [1.165, 1.54) is 33.4 Å². The van der Waals surface area contributed by atoms with Crippen LogP contribution >= 0.6 is 0 Å². The lowest BCUT2D eigenvalue weighted by Crippen LogP contribution is -2.34. The van der Waals surface area contributed by atoms with Gasteiger partial charge >= 0.3 is 0 Å². The van der Waals surface area contributed by atoms with Crippen molar-refractivity contribution < 1.29 is 19.2 Å². The Balaban J connectivity index is 0.930. The van der Waals surface area contributed by atoms with Crippen molar-refractivity contribution in [1.29, 1.82) is 0 Å². The molecular formula is C59H62N2O4. The van der Waals surface area contributed by atoms with Crippen molar-refractivity contribution in [3.63, 3.8) is 0 Å². The molecule has 4 aromatic carbocycles. The van der Waals surface area contributed by atoms with E-state index in [2.05, 4.69) is 128 Å². The van der Waals surface area contributed by atoms with Gasteiger partial charge in [-0.25, -0.2) is 9.80 Å². The van der Waals surface area contributed by atoms with Gasteiger partial charge in [0.25, 0.3) is 0 Å². The highest BCUT2D eigenvalue weighted by Gasteiger charge is 2.63. The van der Waals surface area contributed by atoms with E-state index >= 15 is 0 Å². The highest BCUT2D eigenvalue weighted by molar-refractivity contribution is 6.25. The van der Waals surface area contributed by atoms with Gasteiger partial charge in [0.1, 0.15) is 0 Å². The van der Waals surface area contributed by atoms with Crippen molar-refractivity contribution in [2.24, 2.45) is 47.3 Å². The lowest BCUT2D eigenvalue weighted by Gasteiger charge is -2.26. The number of rotatable bonds is 14. The number of benzene rings is 4. The van der Waals surface area contributed by atoms with Gasteiger partial charge in [0.05, 0.1) is 35.0 Å². The molecule has 2 saturated heterocycles. The summed E-state index contributed by atoms with van der Waals surface area (Å²) in [5.41, 5.74) is 17.4. The molecule has 2 aliphatic heterocycles. The lowest BCUT2D eigenvalue weighted by atomic mass is 9.77. The van der Waals surface area contributed by atoms with Gasteiger partial charge in [-0.15, -0.1) is 0 Å². The summed E-state index contributed by atoms with van der Waals surface area (Å²) in [4.78, 5) is 61.7. The van der Waals surface area contributed by atoms with Crippen LogP contribution in [0, 0.1) is 47.3 Å². The van der Waals surface area contributed by atoms with E-state index in [1.807, 2.05) is 12.2 Å². The lowest BCUT2D eigenvalue weighted by molar-refractivity contribution is -0.124. The summed E-state index contributed by atoms with van der Waals surface area (Å²) < 4.78 is 0. The fourth-order valence-electron chi connectivity index (χ4n) is 13.4. The molecule has 10 rings (SSSR count). The van der Waals surface area contributed by atoms with Crippen molar-refractivity contribution >= 4 is 58.3 Å². The fraction of sp³-hybridized carbons (Fsp3) is 0.390. The van der Waals surface area contributed by atoms with Gasteiger partial charge in [-0.3, -0.25) is 19.2 Å². The Labute approximate surface area is 385 Å². The number of carbonyl (C=O) groups excluding carboxylic acids is 4. The third kappa shape index (κ3) is 6.48. The Morgan fingerprint density at radius 2 is 0.815 bits per heavy atom. The molecule has 6 aliphatic rings. The molecule has 0 radical (unpaired) electrons. The molecule has 6 heteroatoms. The van der Waals surface area contributed by atoms with Crippen LogP contribution in [-0.2, 0) is 64.1 Å². The summed E-state index contributed by atoms with van der Waals surface area (Å²) in [7, 11) is 0. The zero-order valence-electron chi connectivity index (χ0n) is 39.0. The highest BCUT2D eigenvalue weighted by atomic mass is 16.2. The molecule has 4 bridgehead atoms. The number of fused-ring (bicyclic) bond motifs is 10. The van der Waals surface area contributed by atoms with Gasteiger partial charge in [-0.2, -0.15) is 0 Å². The zero-order chi connectivity index (χ0) is 45.6. The van der Waals surface area contributed by atoms with E-state index in [0.29, 0.717) is 32.1 Å². The Kier molecular flexibility index (Phi) is 10.9. The number of carbonyl (C=O) groups is 4. The summed E-state index contributed by atoms with van der Waals surface area (Å²) in [6.07, 6.45) is 15.3. The van der Waals surface area contributed by atoms with E-state index in [0.717, 1.165) is 81.6 Å². The first kappa shape index (κ1) is 43.0. The minimum Gasteiger partial charge on any atom is -0.274 e. The van der Waals surface area contributed by atoms with Gasteiger partial charge in [0.15, 0.2) is 0 Å². The van der Waals surface area contributed by atoms with Gasteiger partial charge in [-0.1, -0.05) is 128 Å². The summed E-state index contributed by atoms with van der Waals surface area (Å²) in [6.45, 7) is 20.8. The first-order valence-corrected chi connectivity index (χ1v) is 24.5. The van der Waals surface area contributed by atoms with Crippen LogP contribution in [0.2, 0.25) is 0 Å². The van der Waals surface area contributed by atoms with Crippen molar-refractivity contribution in [2.45, 2.75) is 99.3 Å². The number of hydrogen-bond donors (Lipinski definition) is 0. The van der Waals surface area contributed by atoms with Crippen molar-refractivity contribution in [2.75, 3.05) is 9.80 Å². The van der Waals surface area contributed by atoms with E-state index in [9.17, 15) is 19.2 Å². The Morgan fingerprint density at radius 3 is 1.14 bits per heavy atom. The maximum atomic E-state index is 14.7. The second-order valence-electron chi connectivity index (χ2n) is 19.4. The largest absolute Gasteiger partial charge is 0.274 e. The molecule has 2 heterocycles. The molecule has 8 atom stereocenters. The number of imide groups is 2. The van der Waals surface area contributed by atoms with Crippen molar-refractivity contribution in [1.82, 2.24) is 0 Å². The Hall–Kier alpha value is -5.88. The number of hydrogen-bond acceptors (Lipinski definition) is 4. The standard InChI is InChI=1S/C59H62N2O4/c1-9-32-17-19-36(11-3)44(26-32)46-28-42-30-48(46)52-50(42)56(62)60(58(52)64)54-38(13-5)22-34(23-39(54)14-6)21-35-24-40(15-7)55(41(16-8)25-35)61-57(63)51-43-29-47(49(31-43)53(51)59(61)65)45-27-33(10-2)18-20-37(45)12-4/h9-10,17-20,22-29,42-43,48-53H,1-2,11-16,21,30-31H2,3-8H3. The van der Waals surface area contributed by atoms with Crippen LogP contribution in [0.1, 0.15) is 121 Å². The summed E-state index contributed by atoms with van der Waals surface area (Å²) >= 11 is 0. The average Bonchev–Trinajstić information content (AvgIpc) is 4.19. The third-order valence-electron chi connectivity index (χ3n) is 16.4. The van der Waals surface area contributed by atoms with Gasteiger partial charge in [0.2, 0.25) is 23.6 Å². The van der Waals surface area contributed by atoms with Crippen LogP contribution in [-0.4, -0.2) is 23.6 Å². The van der Waals surface area contributed by atoms with Crippen molar-refractivity contribution in [3.05, 3.63) is 153 Å². The monoisotopic (exact) mass is 862 g/mol. The highest BCUT2D eigenvalue weighted by Crippen LogP contribution is 2.61. The van der Waals surface area contributed by atoms with Crippen molar-refractivity contribution in [3.8, 4) is 0 Å². The zero-order valence-corrected chi connectivity index (χ0v) is 39.0. The van der Waals surface area contributed by atoms with Gasteiger partial charge < -0.3 is 0 Å². The predicted octanol–water partition coefficient (Wildman–Crippen LogP) is 11.6. The topological polar surface area (TPSA) is 74.8 Å². The molecule has 6 nitrogen and oxygen atoms in total. The van der Waals surface area contributed by atoms with Crippen LogP contribution in [0.3, 0.4) is 0 Å². The second kappa shape index (κ2) is 16.5. The van der Waals surface area contributed by atoms with E-state index < -0.39 is 0 Å². The SMILES string of the molecule is C=Cc1ccc(CC)c(C2=CC3CC2C2C(=O)N(c4c(CC)cc(Cc5cc(CC)c(N6C(=O)C7C8C=C(c9cc(C=C)ccc9CC)C(C8)C7C6=O)c(CC)c5)cc4CC)C(=O)C32)c1. The van der Waals surface area contributed by atoms with Gasteiger partial charge in [0, 0.05) is 0 Å². The molecule has 0 aromatic heterocycles. The number of amides is 4. The molecule has 65 heavy (non-hydrogen) atoms. The van der Waals surface area contributed by atoms with Crippen LogP contribution in [0.25, 0.3) is 23.3 Å². The molecule has 4 aromatic rings. The average molecular weight is 863 g/mol. The first-order chi connectivity index (χ1) is 31.5. The number of allylic oxidation sites excluding steroid dienone is 4. The molecule has 8 unspecified atom stereocenters. The first-order valence-electron chi connectivity index (χ1n) is 24.5. The Morgan fingerprint density at radius 1 is 0.477 bits per heavy atom. The molecule has 0 N–H and O–H groups in total. The van der Waals surface area contributed by atoms with Crippen LogP contribution in [0.15, 0.2) is 86.0 Å². The maximum absolute atomic E-state index is 14.7. The number of nitrogens with zero attached hydrogens (tertiary/aromatic N) is 2. The molecule has 332 valence electrons. The third-order valence-corrected chi connectivity index (χ3v) is 16.4. The smallest absolute Gasteiger partial charge is 0.238 e. The molecule has 2 saturated carbocycles. The molecule has 4 fully saturated rings. The molecule has 4 aliphatic carbocycles. The predicted molar refractivity (Wildman–Crippen MR) is 263 cm³/mol. The molecule has 0 spiro atoms. The van der Waals surface area contributed by atoms with E-state index in [-0.39, 0.29) is 71.0 Å². The van der Waals surface area contributed by atoms with E-state index in [4.69, 9.17) is 0 Å². The fourth-order valence-corrected chi connectivity index (χ4v) is 13.4. The normalized spacial score (nSPS) is 26.1. The number of anilines is 2. The second-order valence-corrected chi connectivity index (χ2v) is 19.4. The molecule has 4 amide bonds. The van der Waals surface area contributed by atoms with Crippen LogP contribution in [0.4, 0.5) is 11.4 Å².